The van der Waals surface area contributed by atoms with Crippen LogP contribution in [0.15, 0.2) is 24.3 Å². The SMILES string of the molecule is Cc1ccc(C(N)C(=O)NCC2CCSCC2)cc1. The molecule has 1 aromatic rings. The maximum Gasteiger partial charge on any atom is 0.241 e. The molecule has 0 spiro atoms. The minimum absolute atomic E-state index is 0.0675. The lowest BCUT2D eigenvalue weighted by molar-refractivity contribution is -0.122. The Kier molecular flexibility index (Phi) is 5.28. The molecule has 19 heavy (non-hydrogen) atoms. The average molecular weight is 278 g/mol. The van der Waals surface area contributed by atoms with Crippen molar-refractivity contribution >= 4 is 17.7 Å². The molecule has 4 heteroatoms. The van der Waals surface area contributed by atoms with Gasteiger partial charge in [0.15, 0.2) is 0 Å². The Morgan fingerprint density at radius 2 is 2.00 bits per heavy atom. The summed E-state index contributed by atoms with van der Waals surface area (Å²) < 4.78 is 0. The molecule has 1 amide bonds. The summed E-state index contributed by atoms with van der Waals surface area (Å²) in [7, 11) is 0. The van der Waals surface area contributed by atoms with E-state index in [9.17, 15) is 4.79 Å². The van der Waals surface area contributed by atoms with Gasteiger partial charge in [0, 0.05) is 6.54 Å². The Bertz CT molecular complexity index is 413. The molecule has 1 aliphatic rings. The third kappa shape index (κ3) is 4.25. The van der Waals surface area contributed by atoms with Crippen molar-refractivity contribution in [3.63, 3.8) is 0 Å². The molecule has 2 rings (SSSR count). The molecule has 104 valence electrons. The van der Waals surface area contributed by atoms with E-state index in [1.165, 1.54) is 29.9 Å². The van der Waals surface area contributed by atoms with Gasteiger partial charge in [0.25, 0.3) is 0 Å². The Morgan fingerprint density at radius 1 is 1.37 bits per heavy atom. The predicted octanol–water partition coefficient (Wildman–Crippen LogP) is 2.25. The largest absolute Gasteiger partial charge is 0.354 e. The van der Waals surface area contributed by atoms with Crippen molar-refractivity contribution in [2.45, 2.75) is 25.8 Å². The van der Waals surface area contributed by atoms with Gasteiger partial charge < -0.3 is 11.1 Å². The number of carbonyl (C=O) groups excluding carboxylic acids is 1. The number of hydrogen-bond acceptors (Lipinski definition) is 3. The maximum absolute atomic E-state index is 12.0. The van der Waals surface area contributed by atoms with Crippen LogP contribution in [0.25, 0.3) is 0 Å². The van der Waals surface area contributed by atoms with E-state index in [0.29, 0.717) is 5.92 Å². The number of rotatable bonds is 4. The number of hydrogen-bond donors (Lipinski definition) is 2. The predicted molar refractivity (Wildman–Crippen MR) is 81.2 cm³/mol. The second kappa shape index (κ2) is 6.96. The quantitative estimate of drug-likeness (QED) is 0.888. The van der Waals surface area contributed by atoms with Crippen molar-refractivity contribution < 1.29 is 4.79 Å². The van der Waals surface area contributed by atoms with Crippen LogP contribution in [0.4, 0.5) is 0 Å². The molecular weight excluding hydrogens is 256 g/mol. The molecule has 1 saturated heterocycles. The second-order valence-electron chi connectivity index (χ2n) is 5.19. The highest BCUT2D eigenvalue weighted by molar-refractivity contribution is 7.99. The molecule has 1 fully saturated rings. The van der Waals surface area contributed by atoms with Crippen LogP contribution in [0, 0.1) is 12.8 Å². The molecule has 3 nitrogen and oxygen atoms in total. The van der Waals surface area contributed by atoms with Crippen LogP contribution < -0.4 is 11.1 Å². The lowest BCUT2D eigenvalue weighted by atomic mass is 10.0. The number of aryl methyl sites for hydroxylation is 1. The van der Waals surface area contributed by atoms with Crippen molar-refractivity contribution in [3.05, 3.63) is 35.4 Å². The summed E-state index contributed by atoms with van der Waals surface area (Å²) in [6.07, 6.45) is 2.40. The summed E-state index contributed by atoms with van der Waals surface area (Å²) in [5.74, 6) is 2.98. The molecule has 1 aliphatic heterocycles. The molecular formula is C15H22N2OS. The van der Waals surface area contributed by atoms with Gasteiger partial charge in [-0.3, -0.25) is 4.79 Å². The first kappa shape index (κ1) is 14.4. The highest BCUT2D eigenvalue weighted by atomic mass is 32.2. The van der Waals surface area contributed by atoms with Gasteiger partial charge in [0.1, 0.15) is 6.04 Å². The van der Waals surface area contributed by atoms with Gasteiger partial charge in [-0.05, 0) is 42.8 Å². The molecule has 1 unspecified atom stereocenters. The highest BCUT2D eigenvalue weighted by Gasteiger charge is 2.18. The van der Waals surface area contributed by atoms with E-state index in [1.807, 2.05) is 43.0 Å². The molecule has 3 N–H and O–H groups in total. The Balaban J connectivity index is 1.83. The standard InChI is InChI=1S/C15H22N2OS/c1-11-2-4-13(5-3-11)14(16)15(18)17-10-12-6-8-19-9-7-12/h2-5,12,14H,6-10,16H2,1H3,(H,17,18). The fraction of sp³-hybridized carbons (Fsp3) is 0.533. The van der Waals surface area contributed by atoms with Gasteiger partial charge in [0.05, 0.1) is 0 Å². The number of carbonyl (C=O) groups is 1. The third-order valence-electron chi connectivity index (χ3n) is 3.62. The van der Waals surface area contributed by atoms with Crippen LogP contribution >= 0.6 is 11.8 Å². The number of amides is 1. The van der Waals surface area contributed by atoms with Gasteiger partial charge in [0.2, 0.25) is 5.91 Å². The zero-order chi connectivity index (χ0) is 13.7. The van der Waals surface area contributed by atoms with Crippen LogP contribution in [0.5, 0.6) is 0 Å². The van der Waals surface area contributed by atoms with Crippen LogP contribution in [-0.2, 0) is 4.79 Å². The van der Waals surface area contributed by atoms with E-state index in [-0.39, 0.29) is 5.91 Å². The van der Waals surface area contributed by atoms with Crippen LogP contribution in [0.1, 0.15) is 30.0 Å². The van der Waals surface area contributed by atoms with Crippen molar-refractivity contribution in [2.75, 3.05) is 18.1 Å². The number of benzene rings is 1. The lowest BCUT2D eigenvalue weighted by Crippen LogP contribution is -2.37. The van der Waals surface area contributed by atoms with Crippen LogP contribution in [0.3, 0.4) is 0 Å². The number of thioether (sulfide) groups is 1. The van der Waals surface area contributed by atoms with Crippen LogP contribution in [-0.4, -0.2) is 24.0 Å². The summed E-state index contributed by atoms with van der Waals surface area (Å²) >= 11 is 2.00. The molecule has 1 heterocycles. The first-order valence-electron chi connectivity index (χ1n) is 6.84. The van der Waals surface area contributed by atoms with E-state index < -0.39 is 6.04 Å². The molecule has 1 atom stereocenters. The smallest absolute Gasteiger partial charge is 0.241 e. The second-order valence-corrected chi connectivity index (χ2v) is 6.41. The van der Waals surface area contributed by atoms with E-state index >= 15 is 0 Å². The van der Waals surface area contributed by atoms with Gasteiger partial charge >= 0.3 is 0 Å². The number of nitrogens with one attached hydrogen (secondary N) is 1. The van der Waals surface area contributed by atoms with Crippen molar-refractivity contribution in [2.24, 2.45) is 11.7 Å². The van der Waals surface area contributed by atoms with E-state index in [4.69, 9.17) is 5.73 Å². The van der Waals surface area contributed by atoms with E-state index in [2.05, 4.69) is 5.32 Å². The maximum atomic E-state index is 12.0. The van der Waals surface area contributed by atoms with Crippen molar-refractivity contribution in [3.8, 4) is 0 Å². The van der Waals surface area contributed by atoms with Crippen LogP contribution in [0.2, 0.25) is 0 Å². The molecule has 0 aromatic heterocycles. The van der Waals surface area contributed by atoms with E-state index in [0.717, 1.165) is 12.1 Å². The molecule has 0 aliphatic carbocycles. The van der Waals surface area contributed by atoms with E-state index in [1.54, 1.807) is 0 Å². The fourth-order valence-corrected chi connectivity index (χ4v) is 3.43. The van der Waals surface area contributed by atoms with Gasteiger partial charge in [-0.1, -0.05) is 29.8 Å². The summed E-state index contributed by atoms with van der Waals surface area (Å²) in [6.45, 7) is 2.79. The Morgan fingerprint density at radius 3 is 2.63 bits per heavy atom. The lowest BCUT2D eigenvalue weighted by Gasteiger charge is -2.22. The summed E-state index contributed by atoms with van der Waals surface area (Å²) in [5, 5.41) is 2.99. The van der Waals surface area contributed by atoms with Gasteiger partial charge in [-0.15, -0.1) is 0 Å². The first-order chi connectivity index (χ1) is 9.16. The number of nitrogens with two attached hydrogens (primary N) is 1. The van der Waals surface area contributed by atoms with Gasteiger partial charge in [-0.25, -0.2) is 0 Å². The molecule has 0 radical (unpaired) electrons. The minimum atomic E-state index is -0.557. The Labute approximate surface area is 119 Å². The molecule has 1 aromatic carbocycles. The minimum Gasteiger partial charge on any atom is -0.354 e. The summed E-state index contributed by atoms with van der Waals surface area (Å²) in [4.78, 5) is 12.0. The normalized spacial score (nSPS) is 18.0. The fourth-order valence-electron chi connectivity index (χ4n) is 2.23. The first-order valence-corrected chi connectivity index (χ1v) is 8.00. The highest BCUT2D eigenvalue weighted by Crippen LogP contribution is 2.22. The van der Waals surface area contributed by atoms with Gasteiger partial charge in [-0.2, -0.15) is 11.8 Å². The zero-order valence-electron chi connectivity index (χ0n) is 11.4. The zero-order valence-corrected chi connectivity index (χ0v) is 12.2. The summed E-state index contributed by atoms with van der Waals surface area (Å²) in [6, 6.07) is 7.27. The Hall–Kier alpha value is -1.00. The molecule has 0 saturated carbocycles. The third-order valence-corrected chi connectivity index (χ3v) is 4.67. The van der Waals surface area contributed by atoms with Crippen molar-refractivity contribution in [1.29, 1.82) is 0 Å². The summed E-state index contributed by atoms with van der Waals surface area (Å²) in [5.41, 5.74) is 8.04. The molecule has 0 bridgehead atoms. The monoisotopic (exact) mass is 278 g/mol. The average Bonchev–Trinajstić information content (AvgIpc) is 2.46. The topological polar surface area (TPSA) is 55.1 Å². The van der Waals surface area contributed by atoms with Crippen molar-refractivity contribution in [1.82, 2.24) is 5.32 Å².